The summed E-state index contributed by atoms with van der Waals surface area (Å²) in [5, 5.41) is 0. The zero-order valence-corrected chi connectivity index (χ0v) is 15.4. The fraction of sp³-hybridized carbons (Fsp3) is 0.125. The Labute approximate surface area is 149 Å². The van der Waals surface area contributed by atoms with E-state index < -0.39 is 11.9 Å². The first kappa shape index (κ1) is 17.5. The molecule has 0 fully saturated rings. The zero-order chi connectivity index (χ0) is 17.0. The van der Waals surface area contributed by atoms with Crippen molar-refractivity contribution >= 4 is 43.8 Å². The lowest BCUT2D eigenvalue weighted by Crippen LogP contribution is -2.07. The first-order chi connectivity index (χ1) is 11.0. The lowest BCUT2D eigenvalue weighted by atomic mass is 10.2. The Balaban J connectivity index is 2.48. The molecule has 120 valence electrons. The van der Waals surface area contributed by atoms with Crippen molar-refractivity contribution in [3.05, 3.63) is 56.5 Å². The van der Waals surface area contributed by atoms with Gasteiger partial charge in [-0.05, 0) is 36.4 Å². The van der Waals surface area contributed by atoms with Crippen molar-refractivity contribution < 1.29 is 23.8 Å². The second-order valence-electron chi connectivity index (χ2n) is 4.37. The molecule has 0 spiro atoms. The molecule has 0 N–H and O–H groups in total. The van der Waals surface area contributed by atoms with Gasteiger partial charge in [-0.25, -0.2) is 9.59 Å². The third-order valence-corrected chi connectivity index (χ3v) is 3.90. The van der Waals surface area contributed by atoms with Gasteiger partial charge in [0, 0.05) is 8.95 Å². The first-order valence-electron chi connectivity index (χ1n) is 6.40. The molecule has 2 rings (SSSR count). The molecule has 0 aromatic heterocycles. The predicted molar refractivity (Wildman–Crippen MR) is 91.0 cm³/mol. The number of esters is 2. The topological polar surface area (TPSA) is 61.8 Å². The van der Waals surface area contributed by atoms with Gasteiger partial charge in [0.25, 0.3) is 0 Å². The van der Waals surface area contributed by atoms with Crippen LogP contribution in [0.25, 0.3) is 0 Å². The lowest BCUT2D eigenvalue weighted by molar-refractivity contribution is 0.0593. The Morgan fingerprint density at radius 3 is 1.52 bits per heavy atom. The monoisotopic (exact) mass is 442 g/mol. The summed E-state index contributed by atoms with van der Waals surface area (Å²) >= 11 is 6.59. The van der Waals surface area contributed by atoms with Crippen LogP contribution in [0.2, 0.25) is 0 Å². The Hall–Kier alpha value is -1.86. The molecule has 0 aliphatic carbocycles. The van der Waals surface area contributed by atoms with Crippen molar-refractivity contribution in [3.8, 4) is 11.5 Å². The molecule has 0 aliphatic rings. The van der Waals surface area contributed by atoms with Gasteiger partial charge >= 0.3 is 11.9 Å². The number of benzene rings is 2. The van der Waals surface area contributed by atoms with E-state index in [1.807, 2.05) is 0 Å². The molecule has 0 unspecified atom stereocenters. The second-order valence-corrected chi connectivity index (χ2v) is 6.20. The number of carbonyl (C=O) groups is 2. The number of carbonyl (C=O) groups excluding carboxylic acids is 2. The molecule has 0 amide bonds. The van der Waals surface area contributed by atoms with Gasteiger partial charge in [0.15, 0.2) is 0 Å². The molecule has 0 saturated heterocycles. The van der Waals surface area contributed by atoms with Crippen molar-refractivity contribution in [2.75, 3.05) is 14.2 Å². The highest BCUT2D eigenvalue weighted by atomic mass is 79.9. The Kier molecular flexibility index (Phi) is 5.79. The summed E-state index contributed by atoms with van der Waals surface area (Å²) in [5.74, 6) is -0.545. The molecule has 0 bridgehead atoms. The van der Waals surface area contributed by atoms with Gasteiger partial charge in [0.2, 0.25) is 0 Å². The van der Waals surface area contributed by atoms with E-state index >= 15 is 0 Å². The summed E-state index contributed by atoms with van der Waals surface area (Å²) in [6, 6.07) is 9.82. The predicted octanol–water partition coefficient (Wildman–Crippen LogP) is 4.58. The van der Waals surface area contributed by atoms with E-state index in [1.54, 1.807) is 36.4 Å². The summed E-state index contributed by atoms with van der Waals surface area (Å²) in [6.07, 6.45) is 0. The van der Waals surface area contributed by atoms with Crippen LogP contribution in [0.3, 0.4) is 0 Å². The number of halogens is 2. The van der Waals surface area contributed by atoms with Crippen LogP contribution in [0.15, 0.2) is 45.3 Å². The van der Waals surface area contributed by atoms with Gasteiger partial charge in [0.1, 0.15) is 22.6 Å². The molecule has 23 heavy (non-hydrogen) atoms. The SMILES string of the molecule is COC(=O)c1cc(Br)ccc1Oc1ccc(Br)cc1C(=O)OC. The van der Waals surface area contributed by atoms with E-state index in [0.717, 1.165) is 0 Å². The highest BCUT2D eigenvalue weighted by molar-refractivity contribution is 9.10. The van der Waals surface area contributed by atoms with Gasteiger partial charge in [-0.1, -0.05) is 31.9 Å². The largest absolute Gasteiger partial charge is 0.465 e. The summed E-state index contributed by atoms with van der Waals surface area (Å²) in [4.78, 5) is 23.8. The standard InChI is InChI=1S/C16H12Br2O5/c1-21-15(19)11-7-9(17)3-5-13(11)23-14-6-4-10(18)8-12(14)16(20)22-2/h3-8H,1-2H3. The smallest absolute Gasteiger partial charge is 0.341 e. The summed E-state index contributed by atoms with van der Waals surface area (Å²) in [6.45, 7) is 0. The third-order valence-electron chi connectivity index (χ3n) is 2.91. The molecule has 0 radical (unpaired) electrons. The molecular formula is C16H12Br2O5. The average molecular weight is 444 g/mol. The number of hydrogen-bond acceptors (Lipinski definition) is 5. The molecule has 0 atom stereocenters. The molecule has 0 saturated carbocycles. The molecular weight excluding hydrogens is 432 g/mol. The Bertz CT molecular complexity index is 695. The van der Waals surface area contributed by atoms with Crippen LogP contribution in [-0.4, -0.2) is 26.2 Å². The molecule has 2 aromatic rings. The Morgan fingerprint density at radius 1 is 0.783 bits per heavy atom. The van der Waals surface area contributed by atoms with E-state index in [-0.39, 0.29) is 22.6 Å². The number of rotatable bonds is 4. The Morgan fingerprint density at radius 2 is 1.17 bits per heavy atom. The normalized spacial score (nSPS) is 10.1. The van der Waals surface area contributed by atoms with E-state index in [4.69, 9.17) is 14.2 Å². The van der Waals surface area contributed by atoms with Crippen LogP contribution in [0, 0.1) is 0 Å². The van der Waals surface area contributed by atoms with E-state index in [0.29, 0.717) is 8.95 Å². The maximum atomic E-state index is 11.9. The van der Waals surface area contributed by atoms with Gasteiger partial charge in [-0.2, -0.15) is 0 Å². The van der Waals surface area contributed by atoms with Crippen molar-refractivity contribution in [1.29, 1.82) is 0 Å². The minimum Gasteiger partial charge on any atom is -0.465 e. The van der Waals surface area contributed by atoms with Gasteiger partial charge in [-0.3, -0.25) is 0 Å². The summed E-state index contributed by atoms with van der Waals surface area (Å²) in [5.41, 5.74) is 0.473. The van der Waals surface area contributed by atoms with Crippen LogP contribution in [0.5, 0.6) is 11.5 Å². The van der Waals surface area contributed by atoms with E-state index in [9.17, 15) is 9.59 Å². The van der Waals surface area contributed by atoms with Crippen LogP contribution < -0.4 is 4.74 Å². The summed E-state index contributed by atoms with van der Waals surface area (Å²) in [7, 11) is 2.57. The average Bonchev–Trinajstić information content (AvgIpc) is 2.56. The lowest BCUT2D eigenvalue weighted by Gasteiger charge is -2.13. The number of ether oxygens (including phenoxy) is 3. The van der Waals surface area contributed by atoms with Crippen molar-refractivity contribution in [2.24, 2.45) is 0 Å². The minimum atomic E-state index is -0.543. The third kappa shape index (κ3) is 4.11. The minimum absolute atomic E-state index is 0.237. The number of hydrogen-bond donors (Lipinski definition) is 0. The fourth-order valence-electron chi connectivity index (χ4n) is 1.84. The quantitative estimate of drug-likeness (QED) is 0.647. The van der Waals surface area contributed by atoms with Crippen LogP contribution in [-0.2, 0) is 9.47 Å². The zero-order valence-electron chi connectivity index (χ0n) is 12.3. The van der Waals surface area contributed by atoms with Crippen molar-refractivity contribution in [1.82, 2.24) is 0 Å². The van der Waals surface area contributed by atoms with Crippen LogP contribution >= 0.6 is 31.9 Å². The van der Waals surface area contributed by atoms with Crippen molar-refractivity contribution in [3.63, 3.8) is 0 Å². The molecule has 0 heterocycles. The molecule has 0 aliphatic heterocycles. The molecule has 7 heteroatoms. The summed E-state index contributed by atoms with van der Waals surface area (Å²) < 4.78 is 16.7. The van der Waals surface area contributed by atoms with Gasteiger partial charge in [-0.15, -0.1) is 0 Å². The van der Waals surface area contributed by atoms with Gasteiger partial charge in [0.05, 0.1) is 14.2 Å². The highest BCUT2D eigenvalue weighted by Gasteiger charge is 2.18. The fourth-order valence-corrected chi connectivity index (χ4v) is 2.56. The molecule has 2 aromatic carbocycles. The molecule has 5 nitrogen and oxygen atoms in total. The number of methoxy groups -OCH3 is 2. The maximum absolute atomic E-state index is 11.9. The van der Waals surface area contributed by atoms with E-state index in [2.05, 4.69) is 31.9 Å². The highest BCUT2D eigenvalue weighted by Crippen LogP contribution is 2.32. The van der Waals surface area contributed by atoms with E-state index in [1.165, 1.54) is 14.2 Å². The second kappa shape index (κ2) is 7.61. The van der Waals surface area contributed by atoms with Gasteiger partial charge < -0.3 is 14.2 Å². The van der Waals surface area contributed by atoms with Crippen molar-refractivity contribution in [2.45, 2.75) is 0 Å². The van der Waals surface area contributed by atoms with Crippen LogP contribution in [0.1, 0.15) is 20.7 Å². The first-order valence-corrected chi connectivity index (χ1v) is 7.98. The van der Waals surface area contributed by atoms with Crippen LogP contribution in [0.4, 0.5) is 0 Å². The maximum Gasteiger partial charge on any atom is 0.341 e.